The number of hydrogen-bond donors (Lipinski definition) is 2. The normalized spacial score (nSPS) is 11.0. The summed E-state index contributed by atoms with van der Waals surface area (Å²) < 4.78 is 39.9. The summed E-state index contributed by atoms with van der Waals surface area (Å²) in [4.78, 5) is 23.4. The van der Waals surface area contributed by atoms with Gasteiger partial charge in [0.1, 0.15) is 5.75 Å². The maximum Gasteiger partial charge on any atom is 0.573 e. The van der Waals surface area contributed by atoms with Gasteiger partial charge in [0.2, 0.25) is 0 Å². The summed E-state index contributed by atoms with van der Waals surface area (Å²) >= 11 is 0. The van der Waals surface area contributed by atoms with Crippen LogP contribution in [0.2, 0.25) is 0 Å². The Bertz CT molecular complexity index is 532. The number of halogens is 3. The molecule has 0 spiro atoms. The van der Waals surface area contributed by atoms with Crippen LogP contribution in [0.5, 0.6) is 5.75 Å². The summed E-state index contributed by atoms with van der Waals surface area (Å²) in [5.41, 5.74) is 0.628. The van der Waals surface area contributed by atoms with Crippen LogP contribution in [-0.4, -0.2) is 42.0 Å². The van der Waals surface area contributed by atoms with Gasteiger partial charge in [-0.25, -0.2) is 4.79 Å². The smallest absolute Gasteiger partial charge is 0.481 e. The Morgan fingerprint density at radius 2 is 1.87 bits per heavy atom. The van der Waals surface area contributed by atoms with E-state index in [1.165, 1.54) is 36.2 Å². The molecule has 23 heavy (non-hydrogen) atoms. The Labute approximate surface area is 130 Å². The molecule has 6 nitrogen and oxygen atoms in total. The van der Waals surface area contributed by atoms with Crippen LogP contribution in [-0.2, 0) is 11.3 Å². The summed E-state index contributed by atoms with van der Waals surface area (Å²) in [5.74, 6) is -1.27. The van der Waals surface area contributed by atoms with Gasteiger partial charge in [0.05, 0.1) is 0 Å². The summed E-state index contributed by atoms with van der Waals surface area (Å²) in [5, 5.41) is 11.0. The van der Waals surface area contributed by atoms with Crippen molar-refractivity contribution in [3.63, 3.8) is 0 Å². The lowest BCUT2D eigenvalue weighted by Crippen LogP contribution is -2.37. The zero-order valence-electron chi connectivity index (χ0n) is 12.4. The number of hydrogen-bond acceptors (Lipinski definition) is 3. The molecule has 0 saturated carbocycles. The molecule has 0 atom stereocenters. The van der Waals surface area contributed by atoms with E-state index in [9.17, 15) is 22.8 Å². The van der Waals surface area contributed by atoms with Gasteiger partial charge in [-0.15, -0.1) is 13.2 Å². The number of carboxylic acid groups (broad SMARTS) is 1. The number of carboxylic acids is 1. The second-order valence-corrected chi connectivity index (χ2v) is 4.78. The van der Waals surface area contributed by atoms with Gasteiger partial charge in [0.25, 0.3) is 0 Å². The highest BCUT2D eigenvalue weighted by Gasteiger charge is 2.30. The van der Waals surface area contributed by atoms with E-state index < -0.39 is 18.4 Å². The molecule has 0 bridgehead atoms. The summed E-state index contributed by atoms with van der Waals surface area (Å²) in [6.07, 6.45) is -4.46. The first kappa shape index (κ1) is 18.6. The lowest BCUT2D eigenvalue weighted by molar-refractivity contribution is -0.274. The highest BCUT2D eigenvalue weighted by Crippen LogP contribution is 2.22. The highest BCUT2D eigenvalue weighted by atomic mass is 19.4. The average molecular weight is 334 g/mol. The fraction of sp³-hybridized carbons (Fsp3) is 0.429. The van der Waals surface area contributed by atoms with Crippen LogP contribution in [0.25, 0.3) is 0 Å². The molecular formula is C14H17F3N2O4. The molecule has 0 aliphatic rings. The Morgan fingerprint density at radius 3 is 2.39 bits per heavy atom. The predicted octanol–water partition coefficient (Wildman–Crippen LogP) is 2.59. The van der Waals surface area contributed by atoms with Crippen LogP contribution in [0.15, 0.2) is 24.3 Å². The number of nitrogens with zero attached hydrogens (tertiary/aromatic N) is 1. The van der Waals surface area contributed by atoms with Crippen molar-refractivity contribution >= 4 is 12.0 Å². The fourth-order valence-electron chi connectivity index (χ4n) is 1.71. The van der Waals surface area contributed by atoms with Crippen LogP contribution in [0.1, 0.15) is 18.4 Å². The number of aliphatic carboxylic acids is 1. The third-order valence-corrected chi connectivity index (χ3v) is 2.77. The van der Waals surface area contributed by atoms with E-state index in [2.05, 4.69) is 10.1 Å². The topological polar surface area (TPSA) is 78.9 Å². The number of urea groups is 1. The van der Waals surface area contributed by atoms with Crippen molar-refractivity contribution < 1.29 is 32.6 Å². The van der Waals surface area contributed by atoms with Crippen molar-refractivity contribution in [2.45, 2.75) is 25.7 Å². The van der Waals surface area contributed by atoms with Gasteiger partial charge in [0.15, 0.2) is 0 Å². The SMILES string of the molecule is CN(Cc1ccc(OC(F)(F)F)cc1)C(=O)NCCCC(=O)O. The first-order valence-electron chi connectivity index (χ1n) is 6.73. The Hall–Kier alpha value is -2.45. The van der Waals surface area contributed by atoms with E-state index in [0.717, 1.165) is 0 Å². The van der Waals surface area contributed by atoms with Crippen LogP contribution in [0.3, 0.4) is 0 Å². The Balaban J connectivity index is 2.42. The Morgan fingerprint density at radius 1 is 1.26 bits per heavy atom. The van der Waals surface area contributed by atoms with Gasteiger partial charge < -0.3 is 20.1 Å². The van der Waals surface area contributed by atoms with E-state index in [1.807, 2.05) is 0 Å². The first-order valence-corrected chi connectivity index (χ1v) is 6.73. The fourth-order valence-corrected chi connectivity index (χ4v) is 1.71. The van der Waals surface area contributed by atoms with Crippen molar-refractivity contribution in [1.29, 1.82) is 0 Å². The molecule has 0 aliphatic carbocycles. The first-order chi connectivity index (χ1) is 10.7. The molecule has 2 amide bonds. The van der Waals surface area contributed by atoms with Gasteiger partial charge >= 0.3 is 18.4 Å². The molecule has 0 unspecified atom stereocenters. The van der Waals surface area contributed by atoms with Crippen molar-refractivity contribution in [2.24, 2.45) is 0 Å². The number of alkyl halides is 3. The molecule has 0 saturated heterocycles. The number of carbonyl (C=O) groups excluding carboxylic acids is 1. The third kappa shape index (κ3) is 7.93. The van der Waals surface area contributed by atoms with Crippen molar-refractivity contribution in [1.82, 2.24) is 10.2 Å². The van der Waals surface area contributed by atoms with Gasteiger partial charge in [-0.3, -0.25) is 4.79 Å². The van der Waals surface area contributed by atoms with E-state index in [4.69, 9.17) is 5.11 Å². The number of benzene rings is 1. The van der Waals surface area contributed by atoms with Crippen LogP contribution >= 0.6 is 0 Å². The quantitative estimate of drug-likeness (QED) is 0.751. The molecule has 1 aromatic rings. The zero-order chi connectivity index (χ0) is 17.5. The number of rotatable bonds is 7. The molecule has 0 aliphatic heterocycles. The molecule has 2 N–H and O–H groups in total. The van der Waals surface area contributed by atoms with Crippen LogP contribution in [0, 0.1) is 0 Å². The van der Waals surface area contributed by atoms with Gasteiger partial charge in [0, 0.05) is 26.6 Å². The number of ether oxygens (including phenoxy) is 1. The van der Waals surface area contributed by atoms with Gasteiger partial charge in [-0.2, -0.15) is 0 Å². The van der Waals surface area contributed by atoms with Gasteiger partial charge in [-0.05, 0) is 24.1 Å². The number of carbonyl (C=O) groups is 2. The van der Waals surface area contributed by atoms with Crippen molar-refractivity contribution in [3.05, 3.63) is 29.8 Å². The molecule has 9 heteroatoms. The Kier molecular flexibility index (Phi) is 6.67. The summed E-state index contributed by atoms with van der Waals surface area (Å²) in [6, 6.07) is 4.79. The lowest BCUT2D eigenvalue weighted by Gasteiger charge is -2.18. The second-order valence-electron chi connectivity index (χ2n) is 4.78. The minimum absolute atomic E-state index is 0.0370. The molecule has 0 aromatic heterocycles. The standard InChI is InChI=1S/C14H17F3N2O4/c1-19(13(22)18-8-2-3-12(20)21)9-10-4-6-11(7-5-10)23-14(15,16)17/h4-7H,2-3,8-9H2,1H3,(H,18,22)(H,20,21). The predicted molar refractivity (Wildman–Crippen MR) is 74.9 cm³/mol. The minimum atomic E-state index is -4.74. The molecule has 1 rings (SSSR count). The molecular weight excluding hydrogens is 317 g/mol. The molecule has 0 heterocycles. The molecule has 1 aromatic carbocycles. The second kappa shape index (κ2) is 8.25. The van der Waals surface area contributed by atoms with E-state index in [0.29, 0.717) is 12.0 Å². The van der Waals surface area contributed by atoms with E-state index in [1.54, 1.807) is 0 Å². The number of amides is 2. The van der Waals surface area contributed by atoms with Gasteiger partial charge in [-0.1, -0.05) is 12.1 Å². The van der Waals surface area contributed by atoms with Crippen LogP contribution < -0.4 is 10.1 Å². The summed E-state index contributed by atoms with van der Waals surface area (Å²) in [6.45, 7) is 0.422. The third-order valence-electron chi connectivity index (χ3n) is 2.77. The summed E-state index contributed by atoms with van der Waals surface area (Å²) in [7, 11) is 1.52. The molecule has 128 valence electrons. The average Bonchev–Trinajstić information content (AvgIpc) is 2.43. The van der Waals surface area contributed by atoms with Crippen molar-refractivity contribution in [2.75, 3.05) is 13.6 Å². The maximum atomic E-state index is 12.0. The maximum absolute atomic E-state index is 12.0. The number of nitrogens with one attached hydrogen (secondary N) is 1. The van der Waals surface area contributed by atoms with Crippen molar-refractivity contribution in [3.8, 4) is 5.75 Å². The lowest BCUT2D eigenvalue weighted by atomic mass is 10.2. The molecule has 0 radical (unpaired) electrons. The monoisotopic (exact) mass is 334 g/mol. The van der Waals surface area contributed by atoms with E-state index in [-0.39, 0.29) is 25.3 Å². The largest absolute Gasteiger partial charge is 0.573 e. The molecule has 0 fully saturated rings. The van der Waals surface area contributed by atoms with Crippen LogP contribution in [0.4, 0.5) is 18.0 Å². The minimum Gasteiger partial charge on any atom is -0.481 e. The zero-order valence-corrected chi connectivity index (χ0v) is 12.4. The van der Waals surface area contributed by atoms with E-state index >= 15 is 0 Å². The highest BCUT2D eigenvalue weighted by molar-refractivity contribution is 5.74.